The van der Waals surface area contributed by atoms with Crippen LogP contribution >= 0.6 is 0 Å². The van der Waals surface area contributed by atoms with Crippen molar-refractivity contribution in [1.29, 1.82) is 5.26 Å². The lowest BCUT2D eigenvalue weighted by Gasteiger charge is -2.09. The van der Waals surface area contributed by atoms with Crippen LogP contribution in [0.1, 0.15) is 12.5 Å². The maximum Gasteiger partial charge on any atom is 0.180 e. The summed E-state index contributed by atoms with van der Waals surface area (Å²) in [6.07, 6.45) is 4.65. The van der Waals surface area contributed by atoms with Gasteiger partial charge in [0.15, 0.2) is 5.82 Å². The van der Waals surface area contributed by atoms with Crippen molar-refractivity contribution in [1.82, 2.24) is 14.7 Å². The Kier molecular flexibility index (Phi) is 2.03. The van der Waals surface area contributed by atoms with Crippen LogP contribution in [0.4, 0.5) is 0 Å². The molecule has 0 saturated carbocycles. The van der Waals surface area contributed by atoms with Gasteiger partial charge in [-0.3, -0.25) is 0 Å². The van der Waals surface area contributed by atoms with Gasteiger partial charge in [0.05, 0.1) is 11.1 Å². The van der Waals surface area contributed by atoms with Crippen LogP contribution in [0.25, 0.3) is 11.4 Å². The Morgan fingerprint density at radius 2 is 2.43 bits per heavy atom. The van der Waals surface area contributed by atoms with Crippen LogP contribution in [0.15, 0.2) is 18.7 Å². The van der Waals surface area contributed by atoms with Gasteiger partial charge in [-0.05, 0) is 6.92 Å². The highest BCUT2D eigenvalue weighted by Gasteiger charge is 2.14. The number of nitrogens with zero attached hydrogens (tertiary/aromatic N) is 4. The standard InChI is InChI=1S/C9H8N4O/c1-2-14-13-6-11-5-8-7(3-10)4-12-9(8)13/h4-6H,2H2,1H3. The number of aromatic nitrogens is 3. The summed E-state index contributed by atoms with van der Waals surface area (Å²) in [6, 6.07) is 2.05. The maximum absolute atomic E-state index is 8.78. The van der Waals surface area contributed by atoms with E-state index < -0.39 is 0 Å². The van der Waals surface area contributed by atoms with Crippen LogP contribution in [0.5, 0.6) is 0 Å². The molecular formula is C9H8N4O. The van der Waals surface area contributed by atoms with Crippen LogP contribution in [-0.2, 0) is 0 Å². The first kappa shape index (κ1) is 8.51. The zero-order valence-corrected chi connectivity index (χ0v) is 7.64. The minimum absolute atomic E-state index is 0.515. The molecule has 0 amide bonds. The maximum atomic E-state index is 8.78. The third-order valence-electron chi connectivity index (χ3n) is 1.82. The fraction of sp³-hybridized carbons (Fsp3) is 0.222. The number of rotatable bonds is 2. The molecule has 0 fully saturated rings. The summed E-state index contributed by atoms with van der Waals surface area (Å²) in [4.78, 5) is 13.3. The summed E-state index contributed by atoms with van der Waals surface area (Å²) in [5, 5.41) is 8.78. The number of nitriles is 1. The molecule has 2 aliphatic heterocycles. The molecule has 0 aromatic rings. The van der Waals surface area contributed by atoms with Crippen molar-refractivity contribution in [2.75, 3.05) is 6.61 Å². The van der Waals surface area contributed by atoms with Crippen LogP contribution < -0.4 is 4.84 Å². The van der Waals surface area contributed by atoms with Gasteiger partial charge in [-0.1, -0.05) is 0 Å². The van der Waals surface area contributed by atoms with E-state index in [4.69, 9.17) is 10.1 Å². The van der Waals surface area contributed by atoms with Gasteiger partial charge in [-0.2, -0.15) is 9.99 Å². The van der Waals surface area contributed by atoms with Crippen LogP contribution in [-0.4, -0.2) is 21.3 Å². The minimum atomic E-state index is 0.515. The Bertz CT molecular complexity index is 457. The number of hydrogen-bond acceptors (Lipinski definition) is 4. The van der Waals surface area contributed by atoms with E-state index in [0.717, 1.165) is 0 Å². The molecule has 0 aromatic carbocycles. The van der Waals surface area contributed by atoms with Crippen LogP contribution in [0.3, 0.4) is 0 Å². The molecule has 5 nitrogen and oxygen atoms in total. The molecule has 0 spiro atoms. The topological polar surface area (TPSA) is 63.7 Å². The molecule has 0 N–H and O–H groups in total. The molecule has 2 aliphatic rings. The van der Waals surface area contributed by atoms with E-state index in [1.807, 2.05) is 13.0 Å². The first-order valence-electron chi connectivity index (χ1n) is 4.21. The Labute approximate surface area is 80.9 Å². The molecule has 0 atom stereocenters. The van der Waals surface area contributed by atoms with Crippen molar-refractivity contribution in [2.45, 2.75) is 6.92 Å². The number of hydrogen-bond donors (Lipinski definition) is 0. The van der Waals surface area contributed by atoms with E-state index >= 15 is 0 Å². The Balaban J connectivity index is 2.54. The third kappa shape index (κ3) is 1.17. The Morgan fingerprint density at radius 1 is 1.57 bits per heavy atom. The monoisotopic (exact) mass is 188 g/mol. The zero-order chi connectivity index (χ0) is 9.97. The summed E-state index contributed by atoms with van der Waals surface area (Å²) in [5.74, 6) is 0.624. The van der Waals surface area contributed by atoms with Crippen molar-refractivity contribution in [3.05, 3.63) is 24.3 Å². The van der Waals surface area contributed by atoms with Crippen LogP contribution in [0, 0.1) is 11.3 Å². The first-order chi connectivity index (χ1) is 6.86. The normalized spacial score (nSPS) is 10.0. The van der Waals surface area contributed by atoms with Crippen molar-refractivity contribution >= 4 is 0 Å². The van der Waals surface area contributed by atoms with Gasteiger partial charge < -0.3 is 4.84 Å². The van der Waals surface area contributed by atoms with Crippen molar-refractivity contribution in [3.63, 3.8) is 0 Å². The van der Waals surface area contributed by atoms with E-state index in [1.54, 1.807) is 6.20 Å². The van der Waals surface area contributed by atoms with Gasteiger partial charge in [0.1, 0.15) is 19.0 Å². The van der Waals surface area contributed by atoms with Gasteiger partial charge in [0.2, 0.25) is 0 Å². The highest BCUT2D eigenvalue weighted by Crippen LogP contribution is 2.21. The molecule has 0 saturated heterocycles. The first-order valence-corrected chi connectivity index (χ1v) is 4.21. The summed E-state index contributed by atoms with van der Waals surface area (Å²) >= 11 is 0. The van der Waals surface area contributed by atoms with Gasteiger partial charge in [-0.15, -0.1) is 0 Å². The molecule has 0 radical (unpaired) electrons. The lowest BCUT2D eigenvalue weighted by Crippen LogP contribution is -2.14. The van der Waals surface area contributed by atoms with Crippen molar-refractivity contribution in [2.24, 2.45) is 0 Å². The molecule has 0 aliphatic carbocycles. The average Bonchev–Trinajstić information content (AvgIpc) is 2.62. The molecule has 2 heterocycles. The van der Waals surface area contributed by atoms with E-state index in [2.05, 4.69) is 9.97 Å². The molecule has 5 heteroatoms. The molecule has 0 bridgehead atoms. The molecular weight excluding hydrogens is 180 g/mol. The molecule has 14 heavy (non-hydrogen) atoms. The third-order valence-corrected chi connectivity index (χ3v) is 1.82. The SMILES string of the molecule is CCOn1cncc2c(C#N)cnc1-2. The molecule has 0 unspecified atom stereocenters. The Hall–Kier alpha value is -2.09. The van der Waals surface area contributed by atoms with E-state index in [1.165, 1.54) is 17.3 Å². The van der Waals surface area contributed by atoms with E-state index in [-0.39, 0.29) is 0 Å². The quantitative estimate of drug-likeness (QED) is 0.696. The molecule has 2 rings (SSSR count). The summed E-state index contributed by atoms with van der Waals surface area (Å²) in [5.41, 5.74) is 1.23. The predicted molar refractivity (Wildman–Crippen MR) is 48.5 cm³/mol. The number of fused-ring (bicyclic) bond motifs is 1. The van der Waals surface area contributed by atoms with Gasteiger partial charge in [0, 0.05) is 12.4 Å². The summed E-state index contributed by atoms with van der Waals surface area (Å²) in [6.45, 7) is 2.40. The highest BCUT2D eigenvalue weighted by molar-refractivity contribution is 5.65. The molecule has 0 aromatic heterocycles. The van der Waals surface area contributed by atoms with Crippen molar-refractivity contribution < 1.29 is 4.84 Å². The average molecular weight is 188 g/mol. The predicted octanol–water partition coefficient (Wildman–Crippen LogP) is 0.703. The summed E-state index contributed by atoms with van der Waals surface area (Å²) in [7, 11) is 0. The second kappa shape index (κ2) is 3.34. The second-order valence-corrected chi connectivity index (χ2v) is 2.66. The lowest BCUT2D eigenvalue weighted by molar-refractivity contribution is 0.120. The van der Waals surface area contributed by atoms with E-state index in [0.29, 0.717) is 23.6 Å². The smallest absolute Gasteiger partial charge is 0.180 e. The van der Waals surface area contributed by atoms with Crippen molar-refractivity contribution in [3.8, 4) is 17.5 Å². The van der Waals surface area contributed by atoms with E-state index in [9.17, 15) is 0 Å². The highest BCUT2D eigenvalue weighted by atomic mass is 16.7. The van der Waals surface area contributed by atoms with Gasteiger partial charge in [0.25, 0.3) is 0 Å². The molecule has 70 valence electrons. The van der Waals surface area contributed by atoms with Gasteiger partial charge in [-0.25, -0.2) is 9.97 Å². The zero-order valence-electron chi connectivity index (χ0n) is 7.64. The summed E-state index contributed by atoms with van der Waals surface area (Å²) < 4.78 is 1.47. The largest absolute Gasteiger partial charge is 0.411 e. The fourth-order valence-electron chi connectivity index (χ4n) is 1.23. The minimum Gasteiger partial charge on any atom is -0.411 e. The fourth-order valence-corrected chi connectivity index (χ4v) is 1.23. The van der Waals surface area contributed by atoms with Crippen LogP contribution in [0.2, 0.25) is 0 Å². The second-order valence-electron chi connectivity index (χ2n) is 2.66. The van der Waals surface area contributed by atoms with Gasteiger partial charge >= 0.3 is 0 Å². The lowest BCUT2D eigenvalue weighted by atomic mass is 10.2. The Morgan fingerprint density at radius 3 is 3.14 bits per heavy atom.